The number of hydrogen-bond acceptors (Lipinski definition) is 5. The third kappa shape index (κ3) is 3.04. The van der Waals surface area contributed by atoms with E-state index in [9.17, 15) is 4.79 Å². The highest BCUT2D eigenvalue weighted by Gasteiger charge is 2.09. The summed E-state index contributed by atoms with van der Waals surface area (Å²) in [6.07, 6.45) is 2.13. The minimum atomic E-state index is -0.329. The van der Waals surface area contributed by atoms with Gasteiger partial charge in [0.15, 0.2) is 0 Å². The summed E-state index contributed by atoms with van der Waals surface area (Å²) >= 11 is 0. The molecular weight excluding hydrogens is 184 g/mol. The lowest BCUT2D eigenvalue weighted by molar-refractivity contribution is -0.149. The number of hydrogen-bond donors (Lipinski definition) is 1. The molecule has 0 bridgehead atoms. The number of carbonyl (C=O) groups is 1. The number of ether oxygens (including phenoxy) is 1. The molecule has 0 aliphatic heterocycles. The number of carbonyl (C=O) groups excluding carboxylic acids is 1. The second-order valence-electron chi connectivity index (χ2n) is 3.01. The standard InChI is InChI=1S/C8H14N4O2/c1-3-6(2)14-7(13)4-12-5-10-8(9)11-12/h5-6H,3-4H2,1-2H3,(H2,9,11). The molecule has 0 fully saturated rings. The Balaban J connectivity index is 2.41. The first kappa shape index (κ1) is 10.5. The van der Waals surface area contributed by atoms with E-state index in [1.54, 1.807) is 0 Å². The molecule has 1 aromatic heterocycles. The summed E-state index contributed by atoms with van der Waals surface area (Å²) in [5.74, 6) is -0.175. The fraction of sp³-hybridized carbons (Fsp3) is 0.625. The number of nitrogens with two attached hydrogens (primary N) is 1. The van der Waals surface area contributed by atoms with Crippen molar-refractivity contribution < 1.29 is 9.53 Å². The molecule has 0 aromatic carbocycles. The van der Waals surface area contributed by atoms with Crippen LogP contribution in [-0.4, -0.2) is 26.8 Å². The van der Waals surface area contributed by atoms with E-state index in [2.05, 4.69) is 10.1 Å². The molecule has 1 aromatic rings. The van der Waals surface area contributed by atoms with Gasteiger partial charge >= 0.3 is 5.97 Å². The Kier molecular flexibility index (Phi) is 3.44. The molecule has 0 aliphatic carbocycles. The minimum absolute atomic E-state index is 0.0501. The maximum Gasteiger partial charge on any atom is 0.328 e. The van der Waals surface area contributed by atoms with E-state index in [1.807, 2.05) is 13.8 Å². The van der Waals surface area contributed by atoms with Crippen molar-refractivity contribution >= 4 is 11.9 Å². The molecule has 1 unspecified atom stereocenters. The Labute approximate surface area is 82.1 Å². The fourth-order valence-corrected chi connectivity index (χ4v) is 0.862. The average molecular weight is 198 g/mol. The first-order valence-electron chi connectivity index (χ1n) is 4.46. The van der Waals surface area contributed by atoms with Gasteiger partial charge in [0.2, 0.25) is 5.95 Å². The normalized spacial score (nSPS) is 12.4. The van der Waals surface area contributed by atoms with Gasteiger partial charge in [-0.2, -0.15) is 0 Å². The molecule has 0 radical (unpaired) electrons. The van der Waals surface area contributed by atoms with Crippen LogP contribution in [-0.2, 0) is 16.1 Å². The average Bonchev–Trinajstić information content (AvgIpc) is 2.50. The lowest BCUT2D eigenvalue weighted by atomic mass is 10.3. The molecule has 0 saturated carbocycles. The summed E-state index contributed by atoms with van der Waals surface area (Å²) in [4.78, 5) is 14.9. The number of nitrogen functional groups attached to an aromatic ring is 1. The van der Waals surface area contributed by atoms with E-state index >= 15 is 0 Å². The predicted molar refractivity (Wildman–Crippen MR) is 50.3 cm³/mol. The summed E-state index contributed by atoms with van der Waals surface area (Å²) < 4.78 is 6.39. The molecule has 14 heavy (non-hydrogen) atoms. The van der Waals surface area contributed by atoms with E-state index in [1.165, 1.54) is 11.0 Å². The van der Waals surface area contributed by atoms with Crippen LogP contribution in [0.25, 0.3) is 0 Å². The SMILES string of the molecule is CCC(C)OC(=O)Cn1cnc(N)n1. The van der Waals surface area contributed by atoms with Gasteiger partial charge < -0.3 is 10.5 Å². The van der Waals surface area contributed by atoms with Crippen molar-refractivity contribution in [2.24, 2.45) is 0 Å². The van der Waals surface area contributed by atoms with E-state index < -0.39 is 0 Å². The molecule has 6 nitrogen and oxygen atoms in total. The predicted octanol–water partition coefficient (Wildman–Crippen LogP) is 0.202. The quantitative estimate of drug-likeness (QED) is 0.699. The van der Waals surface area contributed by atoms with Gasteiger partial charge in [0.1, 0.15) is 12.9 Å². The molecule has 0 spiro atoms. The molecule has 6 heteroatoms. The number of aromatic nitrogens is 3. The Bertz CT molecular complexity index is 310. The monoisotopic (exact) mass is 198 g/mol. The van der Waals surface area contributed by atoms with E-state index in [0.29, 0.717) is 0 Å². The molecule has 78 valence electrons. The summed E-state index contributed by atoms with van der Waals surface area (Å²) in [6.45, 7) is 3.84. The van der Waals surface area contributed by atoms with Crippen LogP contribution in [0.3, 0.4) is 0 Å². The van der Waals surface area contributed by atoms with Crippen LogP contribution in [0.2, 0.25) is 0 Å². The lowest BCUT2D eigenvalue weighted by Gasteiger charge is -2.09. The third-order valence-corrected chi connectivity index (χ3v) is 1.75. The lowest BCUT2D eigenvalue weighted by Crippen LogP contribution is -2.19. The maximum absolute atomic E-state index is 11.2. The van der Waals surface area contributed by atoms with Gasteiger partial charge in [-0.3, -0.25) is 4.79 Å². The molecule has 0 saturated heterocycles. The van der Waals surface area contributed by atoms with Crippen molar-refractivity contribution in [3.63, 3.8) is 0 Å². The summed E-state index contributed by atoms with van der Waals surface area (Å²) in [6, 6.07) is 0. The van der Waals surface area contributed by atoms with E-state index in [0.717, 1.165) is 6.42 Å². The molecule has 1 rings (SSSR count). The molecule has 2 N–H and O–H groups in total. The highest BCUT2D eigenvalue weighted by atomic mass is 16.5. The molecule has 1 atom stereocenters. The molecule has 0 amide bonds. The van der Waals surface area contributed by atoms with Gasteiger partial charge in [-0.15, -0.1) is 5.10 Å². The largest absolute Gasteiger partial charge is 0.461 e. The van der Waals surface area contributed by atoms with Gasteiger partial charge in [0.25, 0.3) is 0 Å². The zero-order valence-electron chi connectivity index (χ0n) is 8.30. The summed E-state index contributed by atoms with van der Waals surface area (Å²) in [5, 5.41) is 3.77. The van der Waals surface area contributed by atoms with Crippen LogP contribution >= 0.6 is 0 Å². The fourth-order valence-electron chi connectivity index (χ4n) is 0.862. The van der Waals surface area contributed by atoms with Crippen molar-refractivity contribution in [1.29, 1.82) is 0 Å². The minimum Gasteiger partial charge on any atom is -0.461 e. The zero-order chi connectivity index (χ0) is 10.6. The Morgan fingerprint density at radius 1 is 1.79 bits per heavy atom. The molecule has 1 heterocycles. The van der Waals surface area contributed by atoms with Gasteiger partial charge in [-0.1, -0.05) is 6.92 Å². The summed E-state index contributed by atoms with van der Waals surface area (Å²) in [5.41, 5.74) is 5.29. The van der Waals surface area contributed by atoms with Crippen molar-refractivity contribution in [3.05, 3.63) is 6.33 Å². The smallest absolute Gasteiger partial charge is 0.328 e. The van der Waals surface area contributed by atoms with Crippen LogP contribution in [0.4, 0.5) is 5.95 Å². The summed E-state index contributed by atoms with van der Waals surface area (Å²) in [7, 11) is 0. The number of nitrogens with zero attached hydrogens (tertiary/aromatic N) is 3. The Morgan fingerprint density at radius 2 is 2.50 bits per heavy atom. The highest BCUT2D eigenvalue weighted by Crippen LogP contribution is 1.98. The topological polar surface area (TPSA) is 83.0 Å². The van der Waals surface area contributed by atoms with Crippen molar-refractivity contribution in [1.82, 2.24) is 14.8 Å². The molecule has 0 aliphatic rings. The zero-order valence-corrected chi connectivity index (χ0v) is 8.30. The van der Waals surface area contributed by atoms with Crippen molar-refractivity contribution in [3.8, 4) is 0 Å². The van der Waals surface area contributed by atoms with Gasteiger partial charge in [0.05, 0.1) is 6.10 Å². The number of anilines is 1. The van der Waals surface area contributed by atoms with Gasteiger partial charge in [0, 0.05) is 0 Å². The van der Waals surface area contributed by atoms with Crippen molar-refractivity contribution in [2.45, 2.75) is 32.9 Å². The second-order valence-corrected chi connectivity index (χ2v) is 3.01. The van der Waals surface area contributed by atoms with Crippen LogP contribution in [0.1, 0.15) is 20.3 Å². The Hall–Kier alpha value is -1.59. The number of esters is 1. The van der Waals surface area contributed by atoms with E-state index in [-0.39, 0.29) is 24.6 Å². The van der Waals surface area contributed by atoms with Gasteiger partial charge in [-0.25, -0.2) is 9.67 Å². The third-order valence-electron chi connectivity index (χ3n) is 1.75. The van der Waals surface area contributed by atoms with Gasteiger partial charge in [-0.05, 0) is 13.3 Å². The first-order valence-corrected chi connectivity index (χ1v) is 4.46. The van der Waals surface area contributed by atoms with Crippen LogP contribution in [0.5, 0.6) is 0 Å². The van der Waals surface area contributed by atoms with Crippen LogP contribution in [0, 0.1) is 0 Å². The highest BCUT2D eigenvalue weighted by molar-refractivity contribution is 5.69. The van der Waals surface area contributed by atoms with Crippen LogP contribution in [0.15, 0.2) is 6.33 Å². The van der Waals surface area contributed by atoms with Crippen molar-refractivity contribution in [2.75, 3.05) is 5.73 Å². The first-order chi connectivity index (χ1) is 6.61. The number of rotatable bonds is 4. The van der Waals surface area contributed by atoms with E-state index in [4.69, 9.17) is 10.5 Å². The van der Waals surface area contributed by atoms with Crippen LogP contribution < -0.4 is 5.73 Å². The maximum atomic E-state index is 11.2. The molecular formula is C8H14N4O2. The Morgan fingerprint density at radius 3 is 3.00 bits per heavy atom. The second kappa shape index (κ2) is 4.59.